The van der Waals surface area contributed by atoms with Gasteiger partial charge in [0.2, 0.25) is 0 Å². The summed E-state index contributed by atoms with van der Waals surface area (Å²) in [5.41, 5.74) is 0.176. The van der Waals surface area contributed by atoms with Gasteiger partial charge in [-0.2, -0.15) is 0 Å². The summed E-state index contributed by atoms with van der Waals surface area (Å²) >= 11 is 0. The fraction of sp³-hybridized carbons (Fsp3) is 0.643. The van der Waals surface area contributed by atoms with E-state index in [4.69, 9.17) is 4.42 Å². The van der Waals surface area contributed by atoms with Gasteiger partial charge in [-0.15, -0.1) is 0 Å². The van der Waals surface area contributed by atoms with E-state index in [-0.39, 0.29) is 11.1 Å². The molecule has 6 heteroatoms. The van der Waals surface area contributed by atoms with Gasteiger partial charge in [0.05, 0.1) is 0 Å². The van der Waals surface area contributed by atoms with E-state index in [0.717, 1.165) is 0 Å². The third-order valence-corrected chi connectivity index (χ3v) is 2.96. The molecule has 0 fully saturated rings. The van der Waals surface area contributed by atoms with E-state index in [2.05, 4.69) is 10.3 Å². The molecule has 2 N–H and O–H groups in total. The second kappa shape index (κ2) is 6.54. The van der Waals surface area contributed by atoms with E-state index in [1.165, 1.54) is 6.39 Å². The number of aryl methyl sites for hydroxylation is 1. The molecular weight excluding hydrogens is 260 g/mol. The third-order valence-electron chi connectivity index (χ3n) is 2.96. The fourth-order valence-corrected chi connectivity index (χ4v) is 1.77. The van der Waals surface area contributed by atoms with E-state index in [1.54, 1.807) is 0 Å². The van der Waals surface area contributed by atoms with Crippen molar-refractivity contribution in [2.24, 2.45) is 5.41 Å². The van der Waals surface area contributed by atoms with Crippen molar-refractivity contribution in [1.82, 2.24) is 10.3 Å². The van der Waals surface area contributed by atoms with Gasteiger partial charge in [0.1, 0.15) is 11.8 Å². The first-order valence-corrected chi connectivity index (χ1v) is 6.70. The molecule has 1 atom stereocenters. The van der Waals surface area contributed by atoms with Crippen LogP contribution in [0.3, 0.4) is 0 Å². The Hall–Kier alpha value is -1.85. The van der Waals surface area contributed by atoms with Gasteiger partial charge in [0, 0.05) is 6.42 Å². The normalized spacial score (nSPS) is 13.0. The highest BCUT2D eigenvalue weighted by Crippen LogP contribution is 2.21. The van der Waals surface area contributed by atoms with Crippen LogP contribution in [0.1, 0.15) is 56.8 Å². The maximum atomic E-state index is 12.0. The van der Waals surface area contributed by atoms with Crippen molar-refractivity contribution in [3.05, 3.63) is 17.8 Å². The molecule has 0 saturated carbocycles. The Labute approximate surface area is 118 Å². The van der Waals surface area contributed by atoms with Crippen molar-refractivity contribution in [3.8, 4) is 0 Å². The van der Waals surface area contributed by atoms with Crippen molar-refractivity contribution in [2.75, 3.05) is 0 Å². The lowest BCUT2D eigenvalue weighted by molar-refractivity contribution is -0.139. The van der Waals surface area contributed by atoms with Gasteiger partial charge < -0.3 is 14.8 Å². The number of carboxylic acids is 1. The Bertz CT molecular complexity index is 474. The quantitative estimate of drug-likeness (QED) is 0.834. The Kier molecular flexibility index (Phi) is 5.30. The van der Waals surface area contributed by atoms with Crippen molar-refractivity contribution in [2.45, 2.75) is 53.0 Å². The van der Waals surface area contributed by atoms with Crippen LogP contribution in [0.4, 0.5) is 0 Å². The van der Waals surface area contributed by atoms with Crippen LogP contribution >= 0.6 is 0 Å². The molecule has 1 rings (SSSR count). The van der Waals surface area contributed by atoms with E-state index in [0.29, 0.717) is 25.0 Å². The monoisotopic (exact) mass is 282 g/mol. The van der Waals surface area contributed by atoms with Crippen LogP contribution < -0.4 is 5.32 Å². The van der Waals surface area contributed by atoms with Gasteiger partial charge in [-0.05, 0) is 18.3 Å². The minimum atomic E-state index is -1.04. The summed E-state index contributed by atoms with van der Waals surface area (Å²) in [7, 11) is 0. The lowest BCUT2D eigenvalue weighted by Crippen LogP contribution is -2.41. The number of hydrogen-bond acceptors (Lipinski definition) is 4. The number of carboxylic acid groups (broad SMARTS) is 1. The number of carbonyl (C=O) groups excluding carboxylic acids is 1. The van der Waals surface area contributed by atoms with Gasteiger partial charge in [0.15, 0.2) is 12.1 Å². The van der Waals surface area contributed by atoms with Crippen LogP contribution in [-0.2, 0) is 11.2 Å². The number of carbonyl (C=O) groups is 2. The Morgan fingerprint density at radius 2 is 2.10 bits per heavy atom. The largest absolute Gasteiger partial charge is 0.480 e. The molecule has 1 aromatic rings. The van der Waals surface area contributed by atoms with Crippen LogP contribution in [0.15, 0.2) is 10.8 Å². The maximum absolute atomic E-state index is 12.0. The molecule has 1 amide bonds. The van der Waals surface area contributed by atoms with E-state index < -0.39 is 17.9 Å². The molecule has 112 valence electrons. The van der Waals surface area contributed by atoms with Crippen molar-refractivity contribution in [1.29, 1.82) is 0 Å². The molecule has 0 aromatic carbocycles. The fourth-order valence-electron chi connectivity index (χ4n) is 1.77. The zero-order valence-corrected chi connectivity index (χ0v) is 12.4. The predicted octanol–water partition coefficient (Wildman–Crippen LogP) is 2.25. The lowest BCUT2D eigenvalue weighted by atomic mass is 9.88. The summed E-state index contributed by atoms with van der Waals surface area (Å²) in [5.74, 6) is -1.08. The second-order valence-corrected chi connectivity index (χ2v) is 5.94. The number of aliphatic carboxylic acids is 1. The van der Waals surface area contributed by atoms with E-state index in [1.807, 2.05) is 27.7 Å². The molecule has 6 nitrogen and oxygen atoms in total. The Morgan fingerprint density at radius 1 is 1.45 bits per heavy atom. The van der Waals surface area contributed by atoms with Crippen molar-refractivity contribution in [3.63, 3.8) is 0 Å². The smallest absolute Gasteiger partial charge is 0.326 e. The highest BCUT2D eigenvalue weighted by Gasteiger charge is 2.25. The average Bonchev–Trinajstić information content (AvgIpc) is 2.80. The van der Waals surface area contributed by atoms with Crippen LogP contribution in [0, 0.1) is 5.41 Å². The molecule has 0 spiro atoms. The first-order valence-electron chi connectivity index (χ1n) is 6.70. The zero-order valence-electron chi connectivity index (χ0n) is 12.4. The number of aromatic nitrogens is 1. The lowest BCUT2D eigenvalue weighted by Gasteiger charge is -2.21. The molecule has 0 bridgehead atoms. The molecule has 1 aromatic heterocycles. The molecule has 0 radical (unpaired) electrons. The number of nitrogens with one attached hydrogen (secondary N) is 1. The second-order valence-electron chi connectivity index (χ2n) is 5.94. The molecule has 0 aliphatic heterocycles. The summed E-state index contributed by atoms with van der Waals surface area (Å²) in [6.45, 7) is 7.92. The molecule has 1 heterocycles. The first-order chi connectivity index (χ1) is 9.24. The highest BCUT2D eigenvalue weighted by atomic mass is 16.4. The minimum absolute atomic E-state index is 0.0148. The van der Waals surface area contributed by atoms with Gasteiger partial charge in [-0.1, -0.05) is 27.7 Å². The highest BCUT2D eigenvalue weighted by molar-refractivity contribution is 5.95. The van der Waals surface area contributed by atoms with E-state index >= 15 is 0 Å². The molecule has 0 saturated heterocycles. The summed E-state index contributed by atoms with van der Waals surface area (Å²) in [6, 6.07) is -0.914. The van der Waals surface area contributed by atoms with Crippen LogP contribution in [-0.4, -0.2) is 28.0 Å². The van der Waals surface area contributed by atoms with Crippen LogP contribution in [0.5, 0.6) is 0 Å². The first kappa shape index (κ1) is 16.2. The van der Waals surface area contributed by atoms with Gasteiger partial charge in [-0.3, -0.25) is 4.79 Å². The zero-order chi connectivity index (χ0) is 15.3. The third kappa shape index (κ3) is 4.68. The molecule has 1 unspecified atom stereocenters. The van der Waals surface area contributed by atoms with Gasteiger partial charge >= 0.3 is 5.97 Å². The summed E-state index contributed by atoms with van der Waals surface area (Å²) < 4.78 is 5.07. The molecular formula is C14H22N2O4. The average molecular weight is 282 g/mol. The topological polar surface area (TPSA) is 92.4 Å². The number of nitrogens with zero attached hydrogens (tertiary/aromatic N) is 1. The summed E-state index contributed by atoms with van der Waals surface area (Å²) in [4.78, 5) is 27.1. The Morgan fingerprint density at radius 3 is 2.60 bits per heavy atom. The van der Waals surface area contributed by atoms with Crippen LogP contribution in [0.2, 0.25) is 0 Å². The molecule has 20 heavy (non-hydrogen) atoms. The molecule has 0 aliphatic rings. The number of rotatable bonds is 6. The van der Waals surface area contributed by atoms with Gasteiger partial charge in [0.25, 0.3) is 5.91 Å². The molecule has 0 aliphatic carbocycles. The maximum Gasteiger partial charge on any atom is 0.326 e. The standard InChI is InChI=1S/C14H22N2O4/c1-5-10-11(15-8-20-10)12(17)16-9(13(18)19)6-7-14(2,3)4/h8-9H,5-7H2,1-4H3,(H,16,17)(H,18,19). The van der Waals surface area contributed by atoms with Crippen molar-refractivity contribution < 1.29 is 19.1 Å². The van der Waals surface area contributed by atoms with Crippen LogP contribution in [0.25, 0.3) is 0 Å². The number of amides is 1. The van der Waals surface area contributed by atoms with E-state index in [9.17, 15) is 14.7 Å². The minimum Gasteiger partial charge on any atom is -0.480 e. The number of hydrogen-bond donors (Lipinski definition) is 2. The summed E-state index contributed by atoms with van der Waals surface area (Å²) in [5, 5.41) is 11.7. The Balaban J connectivity index is 2.71. The SMILES string of the molecule is CCc1ocnc1C(=O)NC(CCC(C)(C)C)C(=O)O. The predicted molar refractivity (Wildman–Crippen MR) is 73.5 cm³/mol. The van der Waals surface area contributed by atoms with Crippen molar-refractivity contribution >= 4 is 11.9 Å². The summed E-state index contributed by atoms with van der Waals surface area (Å²) in [6.07, 6.45) is 2.80. The number of oxazole rings is 1. The van der Waals surface area contributed by atoms with Gasteiger partial charge in [-0.25, -0.2) is 9.78 Å².